The van der Waals surface area contributed by atoms with Gasteiger partial charge in [0, 0.05) is 0 Å². The highest BCUT2D eigenvalue weighted by Crippen LogP contribution is 2.18. The summed E-state index contributed by atoms with van der Waals surface area (Å²) in [6.45, 7) is 18.7. The van der Waals surface area contributed by atoms with Crippen molar-refractivity contribution in [3.8, 4) is 0 Å². The predicted octanol–water partition coefficient (Wildman–Crippen LogP) is 4.84. The molecule has 3 aromatic carbocycles. The third kappa shape index (κ3) is 3.75. The van der Waals surface area contributed by atoms with Crippen molar-refractivity contribution in [1.82, 2.24) is 0 Å². The first kappa shape index (κ1) is 20.7. The SMILES string of the molecule is Cc1cc(C)c(B(c2c(C)cc(C)cc2C)[Si](C)(C)c2ccccc2)c(C)c1. The molecule has 144 valence electrons. The molecule has 28 heavy (non-hydrogen) atoms. The third-order valence-corrected chi connectivity index (χ3v) is 10.1. The van der Waals surface area contributed by atoms with Crippen LogP contribution < -0.4 is 16.1 Å². The Morgan fingerprint density at radius 2 is 0.929 bits per heavy atom. The molecular formula is C26H33BSi. The molecule has 0 fully saturated rings. The van der Waals surface area contributed by atoms with E-state index < -0.39 is 7.94 Å². The molecule has 0 bridgehead atoms. The molecule has 0 amide bonds. The number of hydrogen-bond donors (Lipinski definition) is 0. The van der Waals surface area contributed by atoms with Gasteiger partial charge in [-0.15, -0.1) is 0 Å². The largest absolute Gasteiger partial charge is 0.208 e. The van der Waals surface area contributed by atoms with Crippen LogP contribution in [0.5, 0.6) is 0 Å². The van der Waals surface area contributed by atoms with Gasteiger partial charge in [-0.3, -0.25) is 0 Å². The van der Waals surface area contributed by atoms with E-state index in [1.807, 2.05) is 0 Å². The van der Waals surface area contributed by atoms with Crippen molar-refractivity contribution in [3.05, 3.63) is 88.0 Å². The lowest BCUT2D eigenvalue weighted by Crippen LogP contribution is -2.69. The molecule has 0 atom stereocenters. The summed E-state index contributed by atoms with van der Waals surface area (Å²) in [5.41, 5.74) is 11.5. The van der Waals surface area contributed by atoms with Crippen molar-refractivity contribution in [2.75, 3.05) is 0 Å². The molecule has 0 radical (unpaired) electrons. The van der Waals surface area contributed by atoms with Crippen molar-refractivity contribution in [1.29, 1.82) is 0 Å². The molecule has 0 nitrogen and oxygen atoms in total. The quantitative estimate of drug-likeness (QED) is 0.565. The molecule has 0 aromatic heterocycles. The zero-order valence-electron chi connectivity index (χ0n) is 18.8. The van der Waals surface area contributed by atoms with Gasteiger partial charge in [0.05, 0.1) is 7.94 Å². The smallest absolute Gasteiger partial charge is 0.0710 e. The zero-order chi connectivity index (χ0) is 20.6. The number of aryl methyl sites for hydroxylation is 6. The molecular weight excluding hydrogens is 351 g/mol. The standard InChI is InChI=1S/C26H33BSi/c1-18-14-20(3)25(21(4)15-18)27(26-22(5)16-19(2)17-23(26)6)28(7,8)24-12-10-9-11-13-24/h9-17H,1-8H3. The Morgan fingerprint density at radius 3 is 1.29 bits per heavy atom. The molecule has 3 aromatic rings. The number of rotatable bonds is 4. The monoisotopic (exact) mass is 384 g/mol. The summed E-state index contributed by atoms with van der Waals surface area (Å²) in [5, 5.41) is 1.53. The lowest BCUT2D eigenvalue weighted by atomic mass is 9.55. The maximum Gasteiger partial charge on any atom is 0.208 e. The van der Waals surface area contributed by atoms with Gasteiger partial charge in [0.2, 0.25) is 6.31 Å². The Morgan fingerprint density at radius 1 is 0.571 bits per heavy atom. The van der Waals surface area contributed by atoms with Crippen molar-refractivity contribution >= 4 is 30.4 Å². The summed E-state index contributed by atoms with van der Waals surface area (Å²) in [6.07, 6.45) is 0.441. The Bertz CT molecular complexity index is 899. The fourth-order valence-electron chi connectivity index (χ4n) is 5.19. The van der Waals surface area contributed by atoms with Crippen LogP contribution in [-0.2, 0) is 0 Å². The maximum absolute atomic E-state index is 2.55. The summed E-state index contributed by atoms with van der Waals surface area (Å²) >= 11 is 0. The molecule has 0 aliphatic heterocycles. The summed E-state index contributed by atoms with van der Waals surface area (Å²) in [5.74, 6) is 0. The van der Waals surface area contributed by atoms with E-state index in [1.165, 1.54) is 38.6 Å². The first-order chi connectivity index (χ1) is 13.1. The Balaban J connectivity index is 2.37. The van der Waals surface area contributed by atoms with E-state index in [0.717, 1.165) is 0 Å². The van der Waals surface area contributed by atoms with Crippen LogP contribution in [0.4, 0.5) is 0 Å². The van der Waals surface area contributed by atoms with Gasteiger partial charge < -0.3 is 0 Å². The van der Waals surface area contributed by atoms with E-state index in [-0.39, 0.29) is 0 Å². The van der Waals surface area contributed by atoms with E-state index in [2.05, 4.69) is 109 Å². The van der Waals surface area contributed by atoms with E-state index in [4.69, 9.17) is 0 Å². The second kappa shape index (κ2) is 7.75. The van der Waals surface area contributed by atoms with Crippen LogP contribution in [0.15, 0.2) is 54.6 Å². The minimum absolute atomic E-state index is 0.441. The minimum Gasteiger partial charge on any atom is -0.0710 e. The number of hydrogen-bond acceptors (Lipinski definition) is 0. The first-order valence-corrected chi connectivity index (χ1v) is 13.4. The van der Waals surface area contributed by atoms with Crippen molar-refractivity contribution in [2.24, 2.45) is 0 Å². The van der Waals surface area contributed by atoms with Crippen molar-refractivity contribution in [3.63, 3.8) is 0 Å². The molecule has 0 aliphatic carbocycles. The average Bonchev–Trinajstić information content (AvgIpc) is 2.59. The van der Waals surface area contributed by atoms with Gasteiger partial charge in [-0.1, -0.05) is 117 Å². The molecule has 0 unspecified atom stereocenters. The molecule has 0 saturated heterocycles. The van der Waals surface area contributed by atoms with Crippen molar-refractivity contribution < 1.29 is 0 Å². The summed E-state index contributed by atoms with van der Waals surface area (Å²) in [7, 11) is -1.85. The van der Waals surface area contributed by atoms with Crippen LogP contribution in [0, 0.1) is 41.5 Å². The summed E-state index contributed by atoms with van der Waals surface area (Å²) in [4.78, 5) is 0. The van der Waals surface area contributed by atoms with Gasteiger partial charge in [0.15, 0.2) is 0 Å². The highest BCUT2D eigenvalue weighted by Gasteiger charge is 2.42. The van der Waals surface area contributed by atoms with Crippen LogP contribution in [-0.4, -0.2) is 14.2 Å². The molecule has 0 heterocycles. The topological polar surface area (TPSA) is 0 Å². The third-order valence-electron chi connectivity index (χ3n) is 6.29. The Hall–Kier alpha value is -2.06. The average molecular weight is 384 g/mol. The van der Waals surface area contributed by atoms with Crippen LogP contribution in [0.1, 0.15) is 33.4 Å². The molecule has 0 N–H and O–H groups in total. The second-order valence-electron chi connectivity index (χ2n) is 9.15. The molecule has 0 aliphatic rings. The highest BCUT2D eigenvalue weighted by molar-refractivity contribution is 7.46. The predicted molar refractivity (Wildman–Crippen MR) is 130 cm³/mol. The lowest BCUT2D eigenvalue weighted by molar-refractivity contribution is 1.34. The first-order valence-electron chi connectivity index (χ1n) is 10.3. The van der Waals surface area contributed by atoms with Crippen LogP contribution in [0.2, 0.25) is 13.1 Å². The second-order valence-corrected chi connectivity index (χ2v) is 13.7. The van der Waals surface area contributed by atoms with Gasteiger partial charge in [-0.25, -0.2) is 0 Å². The van der Waals surface area contributed by atoms with Gasteiger partial charge in [-0.05, 0) is 41.5 Å². The normalized spacial score (nSPS) is 11.6. The Labute approximate surface area is 173 Å². The van der Waals surface area contributed by atoms with Gasteiger partial charge >= 0.3 is 0 Å². The lowest BCUT2D eigenvalue weighted by Gasteiger charge is -2.35. The molecule has 0 spiro atoms. The zero-order valence-corrected chi connectivity index (χ0v) is 19.8. The summed E-state index contributed by atoms with van der Waals surface area (Å²) in [6, 6.07) is 20.7. The fraction of sp³-hybridized carbons (Fsp3) is 0.308. The number of benzene rings is 3. The van der Waals surface area contributed by atoms with Gasteiger partial charge in [-0.2, -0.15) is 0 Å². The maximum atomic E-state index is 2.55. The molecule has 0 saturated carbocycles. The van der Waals surface area contributed by atoms with Gasteiger partial charge in [0.25, 0.3) is 0 Å². The van der Waals surface area contributed by atoms with Crippen LogP contribution in [0.25, 0.3) is 0 Å². The molecule has 3 rings (SSSR count). The fourth-order valence-corrected chi connectivity index (χ4v) is 8.93. The highest BCUT2D eigenvalue weighted by atomic mass is 28.3. The van der Waals surface area contributed by atoms with Gasteiger partial charge in [0.1, 0.15) is 0 Å². The van der Waals surface area contributed by atoms with Crippen LogP contribution in [0.3, 0.4) is 0 Å². The van der Waals surface area contributed by atoms with E-state index in [0.29, 0.717) is 6.31 Å². The summed E-state index contributed by atoms with van der Waals surface area (Å²) < 4.78 is 0. The van der Waals surface area contributed by atoms with Crippen LogP contribution >= 0.6 is 0 Å². The van der Waals surface area contributed by atoms with E-state index in [9.17, 15) is 0 Å². The van der Waals surface area contributed by atoms with E-state index in [1.54, 1.807) is 10.9 Å². The minimum atomic E-state index is -1.85. The Kier molecular flexibility index (Phi) is 5.72. The molecule has 2 heteroatoms. The van der Waals surface area contributed by atoms with E-state index >= 15 is 0 Å². The van der Waals surface area contributed by atoms with Crippen molar-refractivity contribution in [2.45, 2.75) is 54.6 Å².